The van der Waals surface area contributed by atoms with Crippen LogP contribution in [0.15, 0.2) is 35.3 Å². The van der Waals surface area contributed by atoms with Crippen LogP contribution in [0.5, 0.6) is 5.75 Å². The second-order valence-electron chi connectivity index (χ2n) is 4.07. The Morgan fingerprint density at radius 3 is 2.58 bits per heavy atom. The molecule has 0 saturated heterocycles. The van der Waals surface area contributed by atoms with Gasteiger partial charge in [0.05, 0.1) is 11.9 Å². The first kappa shape index (κ1) is 13.2. The molecule has 0 amide bonds. The molecule has 4 nitrogen and oxygen atoms in total. The quantitative estimate of drug-likeness (QED) is 0.857. The molecule has 0 aliphatic rings. The number of rotatable bonds is 3. The Hall–Kier alpha value is -2.24. The standard InChI is InChI=1S/C13H12F2N2O2/c1-8-5-11(19-13(14)15)3-4-12(8)17-9(2)6-10(18)7-16-17/h3-7,13H,1-2H3. The van der Waals surface area contributed by atoms with Gasteiger partial charge in [0, 0.05) is 11.8 Å². The average Bonchev–Trinajstić information content (AvgIpc) is 2.30. The maximum atomic E-state index is 12.1. The van der Waals surface area contributed by atoms with Crippen LogP contribution in [0, 0.1) is 13.8 Å². The molecule has 0 bridgehead atoms. The summed E-state index contributed by atoms with van der Waals surface area (Å²) in [6.45, 7) is 0.655. The summed E-state index contributed by atoms with van der Waals surface area (Å²) in [5.74, 6) is 0.0925. The van der Waals surface area contributed by atoms with Gasteiger partial charge in [0.25, 0.3) is 0 Å². The van der Waals surface area contributed by atoms with E-state index in [2.05, 4.69) is 9.84 Å². The molecule has 2 aromatic rings. The molecule has 0 saturated carbocycles. The highest BCUT2D eigenvalue weighted by atomic mass is 19.3. The van der Waals surface area contributed by atoms with E-state index >= 15 is 0 Å². The first-order chi connectivity index (χ1) is 8.97. The zero-order valence-corrected chi connectivity index (χ0v) is 10.4. The molecular formula is C13H12F2N2O2. The molecule has 0 fully saturated rings. The number of hydrogen-bond donors (Lipinski definition) is 0. The van der Waals surface area contributed by atoms with Crippen molar-refractivity contribution in [1.29, 1.82) is 0 Å². The minimum absolute atomic E-state index is 0.0925. The van der Waals surface area contributed by atoms with Gasteiger partial charge in [0.2, 0.25) is 0 Å². The molecule has 1 aromatic heterocycles. The highest BCUT2D eigenvalue weighted by molar-refractivity contribution is 5.45. The molecule has 0 N–H and O–H groups in total. The molecular weight excluding hydrogens is 254 g/mol. The Labute approximate surface area is 108 Å². The summed E-state index contributed by atoms with van der Waals surface area (Å²) in [5, 5.41) is 4.01. The Kier molecular flexibility index (Phi) is 3.59. The SMILES string of the molecule is Cc1cc(OC(F)F)ccc1-n1ncc(=O)cc1C. The van der Waals surface area contributed by atoms with E-state index in [-0.39, 0.29) is 11.2 Å². The molecule has 0 radical (unpaired) electrons. The molecule has 0 aliphatic carbocycles. The second-order valence-corrected chi connectivity index (χ2v) is 4.07. The number of hydrogen-bond acceptors (Lipinski definition) is 3. The normalized spacial score (nSPS) is 10.8. The predicted molar refractivity (Wildman–Crippen MR) is 65.9 cm³/mol. The van der Waals surface area contributed by atoms with Crippen molar-refractivity contribution in [3.05, 3.63) is 51.9 Å². The lowest BCUT2D eigenvalue weighted by Crippen LogP contribution is -2.12. The summed E-state index contributed by atoms with van der Waals surface area (Å²) in [6.07, 6.45) is 1.20. The van der Waals surface area contributed by atoms with Crippen LogP contribution in [-0.2, 0) is 0 Å². The zero-order valence-electron chi connectivity index (χ0n) is 10.4. The lowest BCUT2D eigenvalue weighted by molar-refractivity contribution is -0.0498. The first-order valence-electron chi connectivity index (χ1n) is 5.59. The lowest BCUT2D eigenvalue weighted by Gasteiger charge is -2.13. The third-order valence-corrected chi connectivity index (χ3v) is 2.61. The van der Waals surface area contributed by atoms with E-state index in [4.69, 9.17) is 0 Å². The number of halogens is 2. The average molecular weight is 266 g/mol. The number of ether oxygens (including phenoxy) is 1. The summed E-state index contributed by atoms with van der Waals surface area (Å²) >= 11 is 0. The van der Waals surface area contributed by atoms with Gasteiger partial charge in [-0.3, -0.25) is 4.79 Å². The van der Waals surface area contributed by atoms with Gasteiger partial charge in [-0.05, 0) is 37.6 Å². The van der Waals surface area contributed by atoms with Crippen LogP contribution in [0.3, 0.4) is 0 Å². The Balaban J connectivity index is 2.43. The third kappa shape index (κ3) is 2.96. The largest absolute Gasteiger partial charge is 0.435 e. The van der Waals surface area contributed by atoms with Crippen molar-refractivity contribution in [2.24, 2.45) is 0 Å². The maximum Gasteiger partial charge on any atom is 0.387 e. The van der Waals surface area contributed by atoms with E-state index < -0.39 is 6.61 Å². The van der Waals surface area contributed by atoms with Gasteiger partial charge in [-0.1, -0.05) is 0 Å². The van der Waals surface area contributed by atoms with Crippen LogP contribution in [-0.4, -0.2) is 16.4 Å². The first-order valence-corrected chi connectivity index (χ1v) is 5.59. The van der Waals surface area contributed by atoms with Gasteiger partial charge in [0.1, 0.15) is 5.75 Å². The minimum Gasteiger partial charge on any atom is -0.435 e. The highest BCUT2D eigenvalue weighted by Gasteiger charge is 2.08. The van der Waals surface area contributed by atoms with Crippen LogP contribution >= 0.6 is 0 Å². The molecule has 1 aromatic carbocycles. The van der Waals surface area contributed by atoms with Gasteiger partial charge in [-0.2, -0.15) is 13.9 Å². The fourth-order valence-electron chi connectivity index (χ4n) is 1.80. The van der Waals surface area contributed by atoms with Gasteiger partial charge in [-0.15, -0.1) is 0 Å². The van der Waals surface area contributed by atoms with Gasteiger partial charge < -0.3 is 4.74 Å². The maximum absolute atomic E-state index is 12.1. The smallest absolute Gasteiger partial charge is 0.387 e. The van der Waals surface area contributed by atoms with Crippen LogP contribution in [0.2, 0.25) is 0 Å². The number of nitrogens with zero attached hydrogens (tertiary/aromatic N) is 2. The van der Waals surface area contributed by atoms with Crippen molar-refractivity contribution >= 4 is 0 Å². The zero-order chi connectivity index (χ0) is 14.0. The molecule has 6 heteroatoms. The summed E-state index contributed by atoms with van der Waals surface area (Å²) in [7, 11) is 0. The van der Waals surface area contributed by atoms with Crippen LogP contribution in [0.1, 0.15) is 11.3 Å². The number of aromatic nitrogens is 2. The summed E-state index contributed by atoms with van der Waals surface area (Å²) < 4.78 is 30.1. The van der Waals surface area contributed by atoms with Crippen molar-refractivity contribution in [1.82, 2.24) is 9.78 Å². The van der Waals surface area contributed by atoms with Crippen LogP contribution in [0.4, 0.5) is 8.78 Å². The van der Waals surface area contributed by atoms with Crippen molar-refractivity contribution in [3.8, 4) is 11.4 Å². The number of benzene rings is 1. The summed E-state index contributed by atoms with van der Waals surface area (Å²) in [6, 6.07) is 6.02. The fourth-order valence-corrected chi connectivity index (χ4v) is 1.80. The molecule has 0 unspecified atom stereocenters. The Morgan fingerprint density at radius 2 is 2.00 bits per heavy atom. The highest BCUT2D eigenvalue weighted by Crippen LogP contribution is 2.21. The molecule has 0 spiro atoms. The van der Waals surface area contributed by atoms with Crippen LogP contribution < -0.4 is 10.2 Å². The second kappa shape index (κ2) is 5.17. The molecule has 19 heavy (non-hydrogen) atoms. The van der Waals surface area contributed by atoms with E-state index in [0.717, 1.165) is 5.56 Å². The van der Waals surface area contributed by atoms with E-state index in [1.807, 2.05) is 0 Å². The van der Waals surface area contributed by atoms with Crippen molar-refractivity contribution in [2.75, 3.05) is 0 Å². The third-order valence-electron chi connectivity index (χ3n) is 2.61. The molecule has 0 atom stereocenters. The van der Waals surface area contributed by atoms with Crippen LogP contribution in [0.25, 0.3) is 5.69 Å². The molecule has 1 heterocycles. The summed E-state index contributed by atoms with van der Waals surface area (Å²) in [4.78, 5) is 11.2. The Morgan fingerprint density at radius 1 is 1.26 bits per heavy atom. The fraction of sp³-hybridized carbons (Fsp3) is 0.231. The van der Waals surface area contributed by atoms with Crippen molar-refractivity contribution in [3.63, 3.8) is 0 Å². The monoisotopic (exact) mass is 266 g/mol. The van der Waals surface area contributed by atoms with Gasteiger partial charge in [0.15, 0.2) is 5.43 Å². The van der Waals surface area contributed by atoms with Gasteiger partial charge >= 0.3 is 6.61 Å². The molecule has 2 rings (SSSR count). The summed E-state index contributed by atoms with van der Waals surface area (Å²) in [5.41, 5.74) is 1.92. The van der Waals surface area contributed by atoms with E-state index in [1.165, 1.54) is 24.4 Å². The topological polar surface area (TPSA) is 44.1 Å². The minimum atomic E-state index is -2.85. The Bertz CT molecular complexity index is 653. The number of aryl methyl sites for hydroxylation is 2. The van der Waals surface area contributed by atoms with Crippen molar-refractivity contribution in [2.45, 2.75) is 20.5 Å². The van der Waals surface area contributed by atoms with E-state index in [0.29, 0.717) is 11.4 Å². The van der Waals surface area contributed by atoms with Gasteiger partial charge in [-0.25, -0.2) is 4.68 Å². The number of alkyl halides is 2. The van der Waals surface area contributed by atoms with E-state index in [1.54, 1.807) is 24.6 Å². The van der Waals surface area contributed by atoms with E-state index in [9.17, 15) is 13.6 Å². The predicted octanol–water partition coefficient (Wildman–Crippen LogP) is 2.45. The lowest BCUT2D eigenvalue weighted by atomic mass is 10.2. The molecule has 0 aliphatic heterocycles. The molecule has 100 valence electrons. The van der Waals surface area contributed by atoms with Crippen molar-refractivity contribution < 1.29 is 13.5 Å².